The maximum Gasteiger partial charge on any atom is 0.276 e. The van der Waals surface area contributed by atoms with Gasteiger partial charge in [-0.3, -0.25) is 4.79 Å². The van der Waals surface area contributed by atoms with Gasteiger partial charge in [0.15, 0.2) is 0 Å². The van der Waals surface area contributed by atoms with Gasteiger partial charge in [-0.05, 0) is 67.9 Å². The SMILES string of the molecule is CCCCOc1ccc(-c2cc3c(=O)n(Cc4nc(-c5ccc(OC)cc5)oc4C)ccn3n2)cc1. The van der Waals surface area contributed by atoms with Crippen molar-refractivity contribution in [2.75, 3.05) is 13.7 Å². The summed E-state index contributed by atoms with van der Waals surface area (Å²) >= 11 is 0. The largest absolute Gasteiger partial charge is 0.497 e. The summed E-state index contributed by atoms with van der Waals surface area (Å²) in [6.07, 6.45) is 5.62. The van der Waals surface area contributed by atoms with Crippen molar-refractivity contribution in [3.8, 4) is 34.2 Å². The Balaban J connectivity index is 1.38. The van der Waals surface area contributed by atoms with E-state index in [9.17, 15) is 4.79 Å². The quantitative estimate of drug-likeness (QED) is 0.262. The lowest BCUT2D eigenvalue weighted by molar-refractivity contribution is 0.309. The van der Waals surface area contributed by atoms with E-state index in [0.717, 1.165) is 41.2 Å². The monoisotopic (exact) mass is 484 g/mol. The predicted octanol–water partition coefficient (Wildman–Crippen LogP) is 5.36. The lowest BCUT2D eigenvalue weighted by Crippen LogP contribution is -2.22. The second kappa shape index (κ2) is 10.1. The number of hydrogen-bond acceptors (Lipinski definition) is 6. The molecule has 0 N–H and O–H groups in total. The third-order valence-electron chi connectivity index (χ3n) is 6.07. The first-order valence-corrected chi connectivity index (χ1v) is 12.0. The van der Waals surface area contributed by atoms with Crippen molar-refractivity contribution in [2.24, 2.45) is 0 Å². The van der Waals surface area contributed by atoms with Crippen LogP contribution in [0.15, 0.2) is 76.2 Å². The van der Waals surface area contributed by atoms with Crippen LogP contribution < -0.4 is 15.0 Å². The molecule has 0 aliphatic rings. The smallest absolute Gasteiger partial charge is 0.276 e. The molecule has 5 rings (SSSR count). The summed E-state index contributed by atoms with van der Waals surface area (Å²) in [6, 6.07) is 17.1. The van der Waals surface area contributed by atoms with Crippen molar-refractivity contribution < 1.29 is 13.9 Å². The van der Waals surface area contributed by atoms with Crippen LogP contribution in [0.4, 0.5) is 0 Å². The molecule has 0 radical (unpaired) electrons. The predicted molar refractivity (Wildman–Crippen MR) is 138 cm³/mol. The molecular weight excluding hydrogens is 456 g/mol. The molecule has 0 aliphatic carbocycles. The van der Waals surface area contributed by atoms with Crippen molar-refractivity contribution in [1.29, 1.82) is 0 Å². The van der Waals surface area contributed by atoms with E-state index in [0.29, 0.717) is 36.0 Å². The number of fused-ring (bicyclic) bond motifs is 1. The molecule has 184 valence electrons. The number of unbranched alkanes of at least 4 members (excludes halogenated alkanes) is 1. The Morgan fingerprint density at radius 3 is 2.42 bits per heavy atom. The lowest BCUT2D eigenvalue weighted by atomic mass is 10.1. The van der Waals surface area contributed by atoms with Gasteiger partial charge in [-0.1, -0.05) is 13.3 Å². The Morgan fingerprint density at radius 1 is 0.972 bits per heavy atom. The summed E-state index contributed by atoms with van der Waals surface area (Å²) in [6.45, 7) is 4.99. The van der Waals surface area contributed by atoms with Crippen LogP contribution in [-0.4, -0.2) is 32.9 Å². The van der Waals surface area contributed by atoms with Crippen LogP contribution in [-0.2, 0) is 6.54 Å². The standard InChI is InChI=1S/C28H28N4O4/c1-4-5-16-35-23-12-6-20(7-13-23)24-17-26-28(33)31(14-15-32(26)30-24)18-25-19(2)36-27(29-25)21-8-10-22(34-3)11-9-21/h6-15,17H,4-5,16,18H2,1-3H3. The van der Waals surface area contributed by atoms with Crippen molar-refractivity contribution in [1.82, 2.24) is 19.2 Å². The van der Waals surface area contributed by atoms with Gasteiger partial charge in [-0.25, -0.2) is 9.50 Å². The normalized spacial score (nSPS) is 11.2. The number of nitrogens with zero attached hydrogens (tertiary/aromatic N) is 4. The number of oxazole rings is 1. The van der Waals surface area contributed by atoms with E-state index in [4.69, 9.17) is 13.9 Å². The van der Waals surface area contributed by atoms with E-state index < -0.39 is 0 Å². The second-order valence-corrected chi connectivity index (χ2v) is 8.57. The van der Waals surface area contributed by atoms with Crippen LogP contribution in [0.5, 0.6) is 11.5 Å². The zero-order valence-corrected chi connectivity index (χ0v) is 20.6. The number of benzene rings is 2. The molecule has 0 spiro atoms. The van der Waals surface area contributed by atoms with Gasteiger partial charge in [0.05, 0.1) is 26.0 Å². The minimum absolute atomic E-state index is 0.149. The molecule has 0 unspecified atom stereocenters. The van der Waals surface area contributed by atoms with E-state index in [1.807, 2.05) is 61.5 Å². The van der Waals surface area contributed by atoms with Gasteiger partial charge in [-0.15, -0.1) is 0 Å². The van der Waals surface area contributed by atoms with E-state index in [-0.39, 0.29) is 5.56 Å². The molecule has 5 aromatic rings. The molecule has 0 atom stereocenters. The van der Waals surface area contributed by atoms with Crippen molar-refractivity contribution in [3.63, 3.8) is 0 Å². The van der Waals surface area contributed by atoms with Crippen LogP contribution in [0.3, 0.4) is 0 Å². The molecule has 8 nitrogen and oxygen atoms in total. The molecular formula is C28H28N4O4. The fourth-order valence-electron chi connectivity index (χ4n) is 3.94. The Kier molecular flexibility index (Phi) is 6.58. The number of ether oxygens (including phenoxy) is 2. The minimum atomic E-state index is -0.149. The second-order valence-electron chi connectivity index (χ2n) is 8.57. The summed E-state index contributed by atoms with van der Waals surface area (Å²) in [5.74, 6) is 2.77. The highest BCUT2D eigenvalue weighted by atomic mass is 16.5. The third-order valence-corrected chi connectivity index (χ3v) is 6.07. The molecule has 0 fully saturated rings. The van der Waals surface area contributed by atoms with E-state index >= 15 is 0 Å². The molecule has 2 aromatic carbocycles. The van der Waals surface area contributed by atoms with E-state index in [1.165, 1.54) is 0 Å². The van der Waals surface area contributed by atoms with E-state index in [2.05, 4.69) is 17.0 Å². The zero-order chi connectivity index (χ0) is 25.1. The summed E-state index contributed by atoms with van der Waals surface area (Å²) < 4.78 is 20.1. The highest BCUT2D eigenvalue weighted by Crippen LogP contribution is 2.25. The molecule has 8 heteroatoms. The minimum Gasteiger partial charge on any atom is -0.497 e. The molecule has 0 aliphatic heterocycles. The first kappa shape index (κ1) is 23.4. The van der Waals surface area contributed by atoms with Crippen LogP contribution in [0.1, 0.15) is 31.2 Å². The Labute approximate surface area is 208 Å². The topological polar surface area (TPSA) is 83.8 Å². The highest BCUT2D eigenvalue weighted by molar-refractivity contribution is 5.66. The molecule has 0 saturated carbocycles. The highest BCUT2D eigenvalue weighted by Gasteiger charge is 2.15. The maximum atomic E-state index is 13.2. The number of aromatic nitrogens is 4. The summed E-state index contributed by atoms with van der Waals surface area (Å²) in [5, 5.41) is 4.59. The van der Waals surface area contributed by atoms with E-state index in [1.54, 1.807) is 28.6 Å². The van der Waals surface area contributed by atoms with Crippen molar-refractivity contribution >= 4 is 5.52 Å². The van der Waals surface area contributed by atoms with Crippen LogP contribution in [0.25, 0.3) is 28.2 Å². The Morgan fingerprint density at radius 2 is 1.69 bits per heavy atom. The molecule has 0 bridgehead atoms. The average molecular weight is 485 g/mol. The summed E-state index contributed by atoms with van der Waals surface area (Å²) in [7, 11) is 1.63. The fourth-order valence-corrected chi connectivity index (χ4v) is 3.94. The van der Waals surface area contributed by atoms with Gasteiger partial charge < -0.3 is 18.5 Å². The maximum absolute atomic E-state index is 13.2. The van der Waals surface area contributed by atoms with Gasteiger partial charge in [0.1, 0.15) is 28.5 Å². The first-order chi connectivity index (χ1) is 17.6. The fraction of sp³-hybridized carbons (Fsp3) is 0.250. The molecule has 0 saturated heterocycles. The van der Waals surface area contributed by atoms with Crippen LogP contribution in [0, 0.1) is 6.92 Å². The molecule has 3 aromatic heterocycles. The average Bonchev–Trinajstić information content (AvgIpc) is 3.50. The first-order valence-electron chi connectivity index (χ1n) is 12.0. The number of aryl methyl sites for hydroxylation is 1. The van der Waals surface area contributed by atoms with Gasteiger partial charge in [0.25, 0.3) is 5.56 Å². The third kappa shape index (κ3) is 4.75. The molecule has 36 heavy (non-hydrogen) atoms. The summed E-state index contributed by atoms with van der Waals surface area (Å²) in [4.78, 5) is 17.9. The van der Waals surface area contributed by atoms with Gasteiger partial charge in [-0.2, -0.15) is 5.10 Å². The summed E-state index contributed by atoms with van der Waals surface area (Å²) in [5.41, 5.74) is 3.53. The van der Waals surface area contributed by atoms with Crippen LogP contribution in [0.2, 0.25) is 0 Å². The molecule has 0 amide bonds. The van der Waals surface area contributed by atoms with Crippen LogP contribution >= 0.6 is 0 Å². The Hall–Kier alpha value is -4.33. The van der Waals surface area contributed by atoms with Crippen molar-refractivity contribution in [3.05, 3.63) is 88.8 Å². The van der Waals surface area contributed by atoms with Gasteiger partial charge >= 0.3 is 0 Å². The number of rotatable bonds is 9. The Bertz CT molecular complexity index is 1530. The van der Waals surface area contributed by atoms with Gasteiger partial charge in [0, 0.05) is 23.5 Å². The zero-order valence-electron chi connectivity index (χ0n) is 20.6. The molecule has 3 heterocycles. The number of hydrogen-bond donors (Lipinski definition) is 0. The van der Waals surface area contributed by atoms with Gasteiger partial charge in [0.2, 0.25) is 5.89 Å². The van der Waals surface area contributed by atoms with Crippen molar-refractivity contribution in [2.45, 2.75) is 33.2 Å². The number of methoxy groups -OCH3 is 1. The lowest BCUT2D eigenvalue weighted by Gasteiger charge is -2.05.